The molecule has 1 aliphatic carbocycles. The van der Waals surface area contributed by atoms with Crippen LogP contribution in [0, 0.1) is 5.92 Å². The van der Waals surface area contributed by atoms with Crippen LogP contribution in [0.5, 0.6) is 0 Å². The monoisotopic (exact) mass is 200 g/mol. The molecule has 0 saturated heterocycles. The number of carbonyl (C=O) groups excluding carboxylic acids is 2. The molecule has 0 radical (unpaired) electrons. The molecule has 2 unspecified atom stereocenters. The molecule has 2 N–H and O–H groups in total. The van der Waals surface area contributed by atoms with Crippen molar-refractivity contribution in [2.45, 2.75) is 19.4 Å². The topological polar surface area (TPSA) is 72.6 Å². The third-order valence-electron chi connectivity index (χ3n) is 2.20. The number of nitrogens with zero attached hydrogens (tertiary/aromatic N) is 1. The van der Waals surface area contributed by atoms with Crippen molar-refractivity contribution in [3.8, 4) is 0 Å². The molecule has 0 aliphatic heterocycles. The SMILES string of the molecule is CCOC(=O)CN(C)C(=O)C1CC1N. The van der Waals surface area contributed by atoms with Crippen molar-refractivity contribution in [1.29, 1.82) is 0 Å². The van der Waals surface area contributed by atoms with Gasteiger partial charge in [-0.3, -0.25) is 9.59 Å². The summed E-state index contributed by atoms with van der Waals surface area (Å²) in [5.41, 5.74) is 5.53. The summed E-state index contributed by atoms with van der Waals surface area (Å²) in [4.78, 5) is 23.9. The van der Waals surface area contributed by atoms with Crippen LogP contribution in [0.2, 0.25) is 0 Å². The van der Waals surface area contributed by atoms with E-state index >= 15 is 0 Å². The molecule has 0 aromatic heterocycles. The average Bonchev–Trinajstić information content (AvgIpc) is 2.81. The number of hydrogen-bond donors (Lipinski definition) is 1. The second-order valence-corrected chi connectivity index (χ2v) is 3.51. The number of hydrogen-bond acceptors (Lipinski definition) is 4. The minimum absolute atomic E-state index is 0.00981. The molecule has 0 spiro atoms. The zero-order valence-electron chi connectivity index (χ0n) is 8.53. The summed E-state index contributed by atoms with van der Waals surface area (Å²) in [5.74, 6) is -0.530. The highest BCUT2D eigenvalue weighted by molar-refractivity contribution is 5.85. The Labute approximate surface area is 83.2 Å². The highest BCUT2D eigenvalue weighted by Gasteiger charge is 2.41. The van der Waals surface area contributed by atoms with Gasteiger partial charge in [0.25, 0.3) is 0 Å². The molecule has 1 saturated carbocycles. The molecular weight excluding hydrogens is 184 g/mol. The van der Waals surface area contributed by atoms with Crippen molar-refractivity contribution in [1.82, 2.24) is 4.90 Å². The number of esters is 1. The number of likely N-dealkylation sites (N-methyl/N-ethyl adjacent to an activating group) is 1. The Kier molecular flexibility index (Phi) is 3.46. The van der Waals surface area contributed by atoms with Crippen LogP contribution in [0.1, 0.15) is 13.3 Å². The Hall–Kier alpha value is -1.10. The van der Waals surface area contributed by atoms with Crippen molar-refractivity contribution in [3.63, 3.8) is 0 Å². The lowest BCUT2D eigenvalue weighted by Crippen LogP contribution is -2.35. The minimum Gasteiger partial charge on any atom is -0.465 e. The van der Waals surface area contributed by atoms with Crippen molar-refractivity contribution in [2.24, 2.45) is 11.7 Å². The average molecular weight is 200 g/mol. The van der Waals surface area contributed by atoms with E-state index in [1.807, 2.05) is 0 Å². The number of nitrogens with two attached hydrogens (primary N) is 1. The van der Waals surface area contributed by atoms with E-state index < -0.39 is 0 Å². The minimum atomic E-state index is -0.377. The lowest BCUT2D eigenvalue weighted by Gasteiger charge is -2.15. The molecule has 1 aliphatic rings. The zero-order chi connectivity index (χ0) is 10.7. The third kappa shape index (κ3) is 2.70. The van der Waals surface area contributed by atoms with Gasteiger partial charge in [0.2, 0.25) is 5.91 Å². The fourth-order valence-electron chi connectivity index (χ4n) is 1.26. The summed E-state index contributed by atoms with van der Waals surface area (Å²) in [7, 11) is 1.59. The Morgan fingerprint density at radius 1 is 1.57 bits per heavy atom. The van der Waals surface area contributed by atoms with Crippen LogP contribution < -0.4 is 5.73 Å². The zero-order valence-corrected chi connectivity index (χ0v) is 8.53. The van der Waals surface area contributed by atoms with Gasteiger partial charge in [-0.05, 0) is 13.3 Å². The molecule has 0 heterocycles. The van der Waals surface area contributed by atoms with Gasteiger partial charge in [-0.2, -0.15) is 0 Å². The highest BCUT2D eigenvalue weighted by Crippen LogP contribution is 2.29. The maximum absolute atomic E-state index is 11.5. The van der Waals surface area contributed by atoms with Crippen LogP contribution in [0.4, 0.5) is 0 Å². The van der Waals surface area contributed by atoms with Gasteiger partial charge in [0.05, 0.1) is 12.5 Å². The lowest BCUT2D eigenvalue weighted by molar-refractivity contribution is -0.148. The van der Waals surface area contributed by atoms with E-state index in [2.05, 4.69) is 0 Å². The fraction of sp³-hybridized carbons (Fsp3) is 0.778. The van der Waals surface area contributed by atoms with E-state index in [0.29, 0.717) is 6.61 Å². The summed E-state index contributed by atoms with van der Waals surface area (Å²) in [6, 6.07) is -0.0212. The highest BCUT2D eigenvalue weighted by atomic mass is 16.5. The maximum Gasteiger partial charge on any atom is 0.325 e. The first kappa shape index (κ1) is 11.0. The van der Waals surface area contributed by atoms with Gasteiger partial charge in [-0.15, -0.1) is 0 Å². The number of ether oxygens (including phenoxy) is 1. The van der Waals surface area contributed by atoms with E-state index in [9.17, 15) is 9.59 Å². The Bertz CT molecular complexity index is 242. The predicted molar refractivity (Wildman–Crippen MR) is 50.4 cm³/mol. The maximum atomic E-state index is 11.5. The number of amides is 1. The summed E-state index contributed by atoms with van der Waals surface area (Å²) in [6.45, 7) is 2.08. The number of rotatable bonds is 4. The summed E-state index contributed by atoms with van der Waals surface area (Å²) < 4.78 is 4.73. The molecular formula is C9H16N2O3. The molecule has 5 nitrogen and oxygen atoms in total. The van der Waals surface area contributed by atoms with Gasteiger partial charge < -0.3 is 15.4 Å². The van der Waals surface area contributed by atoms with Crippen molar-refractivity contribution in [2.75, 3.05) is 20.2 Å². The first-order valence-electron chi connectivity index (χ1n) is 4.72. The first-order chi connectivity index (χ1) is 6.56. The Morgan fingerprint density at radius 3 is 2.57 bits per heavy atom. The molecule has 0 aromatic carbocycles. The Morgan fingerprint density at radius 2 is 2.14 bits per heavy atom. The van der Waals surface area contributed by atoms with E-state index in [4.69, 9.17) is 10.5 Å². The summed E-state index contributed by atoms with van der Waals surface area (Å²) >= 11 is 0. The largest absolute Gasteiger partial charge is 0.465 e. The third-order valence-corrected chi connectivity index (χ3v) is 2.20. The van der Waals surface area contributed by atoms with Gasteiger partial charge in [0.15, 0.2) is 0 Å². The van der Waals surface area contributed by atoms with Crippen molar-refractivity contribution >= 4 is 11.9 Å². The van der Waals surface area contributed by atoms with Crippen LogP contribution in [0.15, 0.2) is 0 Å². The van der Waals surface area contributed by atoms with Gasteiger partial charge in [0.1, 0.15) is 6.54 Å². The molecule has 80 valence electrons. The summed E-state index contributed by atoms with van der Waals surface area (Å²) in [6.07, 6.45) is 0.728. The molecule has 14 heavy (non-hydrogen) atoms. The van der Waals surface area contributed by atoms with Crippen LogP contribution in [-0.2, 0) is 14.3 Å². The molecule has 5 heteroatoms. The predicted octanol–water partition coefficient (Wildman–Crippen LogP) is -0.645. The second-order valence-electron chi connectivity index (χ2n) is 3.51. The fourth-order valence-corrected chi connectivity index (χ4v) is 1.26. The quantitative estimate of drug-likeness (QED) is 0.612. The van der Waals surface area contributed by atoms with Gasteiger partial charge >= 0.3 is 5.97 Å². The van der Waals surface area contributed by atoms with Crippen LogP contribution in [-0.4, -0.2) is 43.0 Å². The van der Waals surface area contributed by atoms with Gasteiger partial charge in [0, 0.05) is 13.1 Å². The van der Waals surface area contributed by atoms with Crippen LogP contribution >= 0.6 is 0 Å². The van der Waals surface area contributed by atoms with E-state index in [-0.39, 0.29) is 30.4 Å². The first-order valence-corrected chi connectivity index (χ1v) is 4.72. The Balaban J connectivity index is 2.30. The second kappa shape index (κ2) is 4.41. The van der Waals surface area contributed by atoms with E-state index in [1.54, 1.807) is 14.0 Å². The van der Waals surface area contributed by atoms with E-state index in [1.165, 1.54) is 4.90 Å². The smallest absolute Gasteiger partial charge is 0.325 e. The number of carbonyl (C=O) groups is 2. The van der Waals surface area contributed by atoms with Crippen molar-refractivity contribution in [3.05, 3.63) is 0 Å². The molecule has 1 rings (SSSR count). The van der Waals surface area contributed by atoms with Gasteiger partial charge in [-0.1, -0.05) is 0 Å². The normalized spacial score (nSPS) is 24.2. The van der Waals surface area contributed by atoms with Crippen molar-refractivity contribution < 1.29 is 14.3 Å². The molecule has 0 aromatic rings. The molecule has 0 bridgehead atoms. The standard InChI is InChI=1S/C9H16N2O3/c1-3-14-8(12)5-11(2)9(13)6-4-7(6)10/h6-7H,3-5,10H2,1-2H3. The van der Waals surface area contributed by atoms with E-state index in [0.717, 1.165) is 6.42 Å². The van der Waals surface area contributed by atoms with Gasteiger partial charge in [-0.25, -0.2) is 0 Å². The molecule has 1 amide bonds. The lowest BCUT2D eigenvalue weighted by atomic mass is 10.3. The van der Waals surface area contributed by atoms with Crippen LogP contribution in [0.25, 0.3) is 0 Å². The van der Waals surface area contributed by atoms with Crippen LogP contribution in [0.3, 0.4) is 0 Å². The molecule has 1 fully saturated rings. The molecule has 2 atom stereocenters. The summed E-state index contributed by atoms with van der Waals surface area (Å²) in [5, 5.41) is 0.